The molecule has 1 saturated heterocycles. The maximum Gasteiger partial charge on any atom is 0.220 e. The summed E-state index contributed by atoms with van der Waals surface area (Å²) in [6.07, 6.45) is 6.27. The molecule has 2 atom stereocenters. The lowest BCUT2D eigenvalue weighted by Crippen LogP contribution is -2.46. The number of carbonyl (C=O) groups is 1. The summed E-state index contributed by atoms with van der Waals surface area (Å²) in [7, 11) is 0. The Hall–Kier alpha value is -2.14. The number of aromatic nitrogens is 1. The van der Waals surface area contributed by atoms with E-state index < -0.39 is 0 Å². The van der Waals surface area contributed by atoms with Crippen molar-refractivity contribution in [2.75, 3.05) is 19.6 Å². The number of amides is 1. The summed E-state index contributed by atoms with van der Waals surface area (Å²) in [5, 5.41) is 3.08. The van der Waals surface area contributed by atoms with Crippen molar-refractivity contribution in [1.29, 1.82) is 0 Å². The molecule has 1 aliphatic heterocycles. The highest BCUT2D eigenvalue weighted by atomic mass is 16.4. The van der Waals surface area contributed by atoms with Crippen molar-refractivity contribution in [3.8, 4) is 11.3 Å². The minimum Gasteiger partial charge on any atom is -0.441 e. The molecule has 0 bridgehead atoms. The Morgan fingerprint density at radius 2 is 2.19 bits per heavy atom. The van der Waals surface area contributed by atoms with E-state index >= 15 is 0 Å². The van der Waals surface area contributed by atoms with Crippen molar-refractivity contribution in [2.45, 2.75) is 52.0 Å². The molecule has 5 heteroatoms. The molecule has 1 aromatic carbocycles. The molecule has 0 aliphatic carbocycles. The van der Waals surface area contributed by atoms with Crippen LogP contribution in [-0.4, -0.2) is 41.5 Å². The molecule has 0 radical (unpaired) electrons. The van der Waals surface area contributed by atoms with E-state index in [-0.39, 0.29) is 5.91 Å². The molecular formula is C22H31N3O2. The number of aryl methyl sites for hydroxylation is 1. The van der Waals surface area contributed by atoms with Crippen molar-refractivity contribution < 1.29 is 9.21 Å². The third kappa shape index (κ3) is 5.93. The monoisotopic (exact) mass is 369 g/mol. The highest BCUT2D eigenvalue weighted by Crippen LogP contribution is 2.20. The highest BCUT2D eigenvalue weighted by Gasteiger charge is 2.21. The zero-order valence-electron chi connectivity index (χ0n) is 16.5. The van der Waals surface area contributed by atoms with Crippen molar-refractivity contribution in [3.63, 3.8) is 0 Å². The Kier molecular flexibility index (Phi) is 7.04. The van der Waals surface area contributed by atoms with Gasteiger partial charge in [-0.25, -0.2) is 4.98 Å². The number of hydrogen-bond donors (Lipinski definition) is 1. The molecule has 1 aromatic heterocycles. The second-order valence-corrected chi connectivity index (χ2v) is 7.73. The molecule has 1 N–H and O–H groups in total. The molecule has 3 rings (SSSR count). The van der Waals surface area contributed by atoms with E-state index in [1.54, 1.807) is 6.20 Å². The van der Waals surface area contributed by atoms with Crippen LogP contribution in [0, 0.1) is 5.92 Å². The average molecular weight is 370 g/mol. The fourth-order valence-electron chi connectivity index (χ4n) is 3.67. The van der Waals surface area contributed by atoms with Gasteiger partial charge in [-0.2, -0.15) is 0 Å². The van der Waals surface area contributed by atoms with Crippen LogP contribution in [0.5, 0.6) is 0 Å². The Bertz CT molecular complexity index is 713. The number of hydrogen-bond acceptors (Lipinski definition) is 4. The summed E-state index contributed by atoms with van der Waals surface area (Å²) in [5.41, 5.74) is 1.02. The third-order valence-corrected chi connectivity index (χ3v) is 5.31. The molecule has 0 spiro atoms. The second-order valence-electron chi connectivity index (χ2n) is 7.73. The Balaban J connectivity index is 1.35. The van der Waals surface area contributed by atoms with Crippen molar-refractivity contribution in [1.82, 2.24) is 15.2 Å². The van der Waals surface area contributed by atoms with Gasteiger partial charge in [-0.05, 0) is 38.6 Å². The number of rotatable bonds is 8. The average Bonchev–Trinajstić information content (AvgIpc) is 3.16. The maximum atomic E-state index is 12.1. The highest BCUT2D eigenvalue weighted by molar-refractivity contribution is 5.75. The van der Waals surface area contributed by atoms with Crippen LogP contribution in [0.3, 0.4) is 0 Å². The fourth-order valence-corrected chi connectivity index (χ4v) is 3.67. The molecule has 1 amide bonds. The smallest absolute Gasteiger partial charge is 0.220 e. The number of piperidine rings is 1. The molecule has 0 saturated carbocycles. The number of likely N-dealkylation sites (tertiary alicyclic amines) is 1. The lowest BCUT2D eigenvalue weighted by Gasteiger charge is -2.35. The van der Waals surface area contributed by atoms with Gasteiger partial charge in [-0.3, -0.25) is 9.69 Å². The first-order valence-corrected chi connectivity index (χ1v) is 10.1. The SMILES string of the molecule is CC1CCCN(C(C)CNC(=O)CCCc2ncc(-c3ccccc3)o2)C1. The van der Waals surface area contributed by atoms with E-state index in [9.17, 15) is 4.79 Å². The second kappa shape index (κ2) is 9.70. The first-order valence-electron chi connectivity index (χ1n) is 10.1. The number of nitrogens with one attached hydrogen (secondary N) is 1. The quantitative estimate of drug-likeness (QED) is 0.767. The Morgan fingerprint density at radius 3 is 2.96 bits per heavy atom. The summed E-state index contributed by atoms with van der Waals surface area (Å²) in [4.78, 5) is 19.0. The summed E-state index contributed by atoms with van der Waals surface area (Å²) in [6.45, 7) is 7.53. The van der Waals surface area contributed by atoms with Crippen LogP contribution in [0.2, 0.25) is 0 Å². The molecule has 2 unspecified atom stereocenters. The van der Waals surface area contributed by atoms with Crippen LogP contribution in [-0.2, 0) is 11.2 Å². The van der Waals surface area contributed by atoms with Gasteiger partial charge in [0.2, 0.25) is 5.91 Å². The van der Waals surface area contributed by atoms with Crippen molar-refractivity contribution in [3.05, 3.63) is 42.4 Å². The predicted octanol–water partition coefficient (Wildman–Crippen LogP) is 3.90. The van der Waals surface area contributed by atoms with Gasteiger partial charge in [0.05, 0.1) is 6.20 Å². The van der Waals surface area contributed by atoms with Gasteiger partial charge in [0.1, 0.15) is 0 Å². The van der Waals surface area contributed by atoms with E-state index in [1.165, 1.54) is 12.8 Å². The topological polar surface area (TPSA) is 58.4 Å². The Morgan fingerprint density at radius 1 is 1.37 bits per heavy atom. The van der Waals surface area contributed by atoms with Crippen molar-refractivity contribution >= 4 is 5.91 Å². The number of carbonyl (C=O) groups excluding carboxylic acids is 1. The molecule has 27 heavy (non-hydrogen) atoms. The number of oxazole rings is 1. The summed E-state index contributed by atoms with van der Waals surface area (Å²) in [5.74, 6) is 2.34. The Labute approximate surface area is 162 Å². The maximum absolute atomic E-state index is 12.1. The van der Waals surface area contributed by atoms with Crippen LogP contribution < -0.4 is 5.32 Å². The van der Waals surface area contributed by atoms with Crippen LogP contribution in [0.4, 0.5) is 0 Å². The van der Waals surface area contributed by atoms with Gasteiger partial charge in [0.15, 0.2) is 11.7 Å². The first kappa shape index (κ1) is 19.6. The zero-order chi connectivity index (χ0) is 19.1. The number of benzene rings is 1. The molecular weight excluding hydrogens is 338 g/mol. The van der Waals surface area contributed by atoms with Gasteiger partial charge >= 0.3 is 0 Å². The summed E-state index contributed by atoms with van der Waals surface area (Å²) < 4.78 is 5.79. The van der Waals surface area contributed by atoms with Crippen LogP contribution >= 0.6 is 0 Å². The van der Waals surface area contributed by atoms with Gasteiger partial charge in [0, 0.05) is 37.5 Å². The normalized spacial score (nSPS) is 19.0. The minimum absolute atomic E-state index is 0.113. The largest absolute Gasteiger partial charge is 0.441 e. The molecule has 2 aromatic rings. The first-order chi connectivity index (χ1) is 13.1. The van der Waals surface area contributed by atoms with Gasteiger partial charge in [-0.15, -0.1) is 0 Å². The van der Waals surface area contributed by atoms with E-state index in [2.05, 4.69) is 29.0 Å². The minimum atomic E-state index is 0.113. The zero-order valence-corrected chi connectivity index (χ0v) is 16.5. The summed E-state index contributed by atoms with van der Waals surface area (Å²) >= 11 is 0. The van der Waals surface area contributed by atoms with Crippen LogP contribution in [0.25, 0.3) is 11.3 Å². The summed E-state index contributed by atoms with van der Waals surface area (Å²) in [6, 6.07) is 10.3. The van der Waals surface area contributed by atoms with E-state index in [0.717, 1.165) is 43.3 Å². The van der Waals surface area contributed by atoms with Crippen LogP contribution in [0.1, 0.15) is 45.4 Å². The number of nitrogens with zero attached hydrogens (tertiary/aromatic N) is 2. The molecule has 1 fully saturated rings. The molecule has 1 aliphatic rings. The van der Waals surface area contributed by atoms with Gasteiger partial charge in [0.25, 0.3) is 0 Å². The van der Waals surface area contributed by atoms with Crippen molar-refractivity contribution in [2.24, 2.45) is 5.92 Å². The standard InChI is InChI=1S/C22H31N3O2/c1-17-8-7-13-25(16-17)18(2)14-23-21(26)11-6-12-22-24-15-20(27-22)19-9-4-3-5-10-19/h3-5,9-10,15,17-18H,6-8,11-14,16H2,1-2H3,(H,23,26). The molecule has 5 nitrogen and oxygen atoms in total. The van der Waals surface area contributed by atoms with E-state index in [0.29, 0.717) is 24.8 Å². The predicted molar refractivity (Wildman–Crippen MR) is 107 cm³/mol. The van der Waals surface area contributed by atoms with Gasteiger partial charge in [-0.1, -0.05) is 37.3 Å². The fraction of sp³-hybridized carbons (Fsp3) is 0.545. The molecule has 146 valence electrons. The molecule has 2 heterocycles. The lowest BCUT2D eigenvalue weighted by molar-refractivity contribution is -0.121. The van der Waals surface area contributed by atoms with Crippen LogP contribution in [0.15, 0.2) is 40.9 Å². The third-order valence-electron chi connectivity index (χ3n) is 5.31. The van der Waals surface area contributed by atoms with E-state index in [4.69, 9.17) is 4.42 Å². The van der Waals surface area contributed by atoms with Gasteiger partial charge < -0.3 is 9.73 Å². The lowest BCUT2D eigenvalue weighted by atomic mass is 9.99. The van der Waals surface area contributed by atoms with E-state index in [1.807, 2.05) is 30.3 Å².